The highest BCUT2D eigenvalue weighted by atomic mass is 16.3. The van der Waals surface area contributed by atoms with Gasteiger partial charge in [0.2, 0.25) is 0 Å². The van der Waals surface area contributed by atoms with Gasteiger partial charge in [-0.25, -0.2) is 9.97 Å². The van der Waals surface area contributed by atoms with E-state index in [0.717, 1.165) is 35.5 Å². The molecular formula is C15H15N3O. The van der Waals surface area contributed by atoms with Gasteiger partial charge in [-0.1, -0.05) is 19.1 Å². The summed E-state index contributed by atoms with van der Waals surface area (Å²) in [7, 11) is 0. The molecule has 2 aromatic heterocycles. The summed E-state index contributed by atoms with van der Waals surface area (Å²) in [6.07, 6.45) is 2.79. The first kappa shape index (κ1) is 11.7. The monoisotopic (exact) mass is 253 g/mol. The molecule has 0 saturated heterocycles. The highest BCUT2D eigenvalue weighted by Gasteiger charge is 2.12. The minimum absolute atomic E-state index is 0.251. The Hall–Kier alpha value is -2.36. The van der Waals surface area contributed by atoms with E-state index >= 15 is 0 Å². The molecule has 1 N–H and O–H groups in total. The Morgan fingerprint density at radius 3 is 2.89 bits per heavy atom. The highest BCUT2D eigenvalue weighted by molar-refractivity contribution is 5.77. The molecule has 0 amide bonds. The average molecular weight is 253 g/mol. The van der Waals surface area contributed by atoms with Crippen molar-refractivity contribution in [3.05, 3.63) is 42.6 Å². The molecule has 0 aliphatic rings. The fourth-order valence-electron chi connectivity index (χ4n) is 2.26. The van der Waals surface area contributed by atoms with Gasteiger partial charge < -0.3 is 9.67 Å². The van der Waals surface area contributed by atoms with Crippen LogP contribution in [0.5, 0.6) is 5.75 Å². The van der Waals surface area contributed by atoms with E-state index in [9.17, 15) is 5.11 Å². The third kappa shape index (κ3) is 2.05. The van der Waals surface area contributed by atoms with Gasteiger partial charge in [-0.2, -0.15) is 0 Å². The number of fused-ring (bicyclic) bond motifs is 1. The van der Waals surface area contributed by atoms with Crippen molar-refractivity contribution in [2.45, 2.75) is 19.9 Å². The Morgan fingerprint density at radius 2 is 2.11 bits per heavy atom. The number of rotatable bonds is 3. The predicted molar refractivity (Wildman–Crippen MR) is 74.9 cm³/mol. The number of hydrogen-bond acceptors (Lipinski definition) is 3. The number of aryl methyl sites for hydroxylation is 1. The summed E-state index contributed by atoms with van der Waals surface area (Å²) in [5, 5.41) is 9.62. The number of aromatic nitrogens is 3. The summed E-state index contributed by atoms with van der Waals surface area (Å²) in [6, 6.07) is 11.0. The predicted octanol–water partition coefficient (Wildman–Crippen LogP) is 3.21. The lowest BCUT2D eigenvalue weighted by Gasteiger charge is -2.07. The summed E-state index contributed by atoms with van der Waals surface area (Å²) in [4.78, 5) is 9.04. The number of nitrogens with zero attached hydrogens (tertiary/aromatic N) is 3. The van der Waals surface area contributed by atoms with E-state index in [1.165, 1.54) is 0 Å². The van der Waals surface area contributed by atoms with E-state index < -0.39 is 0 Å². The van der Waals surface area contributed by atoms with Crippen molar-refractivity contribution >= 4 is 11.2 Å². The molecule has 0 saturated carbocycles. The molecule has 0 unspecified atom stereocenters. The molecule has 3 aromatic rings. The van der Waals surface area contributed by atoms with Crippen LogP contribution in [0.25, 0.3) is 22.6 Å². The number of benzene rings is 1. The third-order valence-electron chi connectivity index (χ3n) is 3.06. The molecule has 96 valence electrons. The zero-order valence-corrected chi connectivity index (χ0v) is 10.7. The van der Waals surface area contributed by atoms with Crippen molar-refractivity contribution in [3.8, 4) is 17.1 Å². The van der Waals surface area contributed by atoms with Gasteiger partial charge in [0.05, 0.1) is 0 Å². The smallest absolute Gasteiger partial charge is 0.160 e. The van der Waals surface area contributed by atoms with Crippen molar-refractivity contribution < 1.29 is 5.11 Å². The Balaban J connectivity index is 2.25. The van der Waals surface area contributed by atoms with E-state index in [2.05, 4.69) is 21.5 Å². The molecule has 4 heteroatoms. The van der Waals surface area contributed by atoms with Crippen LogP contribution in [0.3, 0.4) is 0 Å². The SMILES string of the molecule is CCCn1c(-c2cccc(O)c2)nc2cccnc21. The Morgan fingerprint density at radius 1 is 1.21 bits per heavy atom. The molecule has 0 bridgehead atoms. The number of phenols is 1. The highest BCUT2D eigenvalue weighted by Crippen LogP contribution is 2.26. The molecule has 0 aliphatic heterocycles. The first-order chi connectivity index (χ1) is 9.29. The number of phenolic OH excluding ortho intramolecular Hbond substituents is 1. The lowest BCUT2D eigenvalue weighted by atomic mass is 10.2. The Labute approximate surface area is 111 Å². The van der Waals surface area contributed by atoms with E-state index in [1.54, 1.807) is 18.3 Å². The van der Waals surface area contributed by atoms with E-state index in [1.807, 2.05) is 24.3 Å². The topological polar surface area (TPSA) is 50.9 Å². The lowest BCUT2D eigenvalue weighted by molar-refractivity contribution is 0.475. The molecule has 19 heavy (non-hydrogen) atoms. The second-order valence-corrected chi connectivity index (χ2v) is 4.48. The van der Waals surface area contributed by atoms with Crippen molar-refractivity contribution in [1.29, 1.82) is 0 Å². The van der Waals surface area contributed by atoms with Gasteiger partial charge in [0.15, 0.2) is 5.65 Å². The molecule has 0 spiro atoms. The van der Waals surface area contributed by atoms with Crippen LogP contribution in [0.1, 0.15) is 13.3 Å². The van der Waals surface area contributed by atoms with E-state index in [4.69, 9.17) is 0 Å². The maximum Gasteiger partial charge on any atom is 0.160 e. The Kier molecular flexibility index (Phi) is 2.91. The minimum atomic E-state index is 0.251. The molecule has 0 fully saturated rings. The third-order valence-corrected chi connectivity index (χ3v) is 3.06. The molecule has 0 radical (unpaired) electrons. The second kappa shape index (κ2) is 4.72. The van der Waals surface area contributed by atoms with Gasteiger partial charge in [0, 0.05) is 18.3 Å². The standard InChI is InChI=1S/C15H15N3O/c1-2-9-18-14(11-5-3-6-12(19)10-11)17-13-7-4-8-16-15(13)18/h3-8,10,19H,2,9H2,1H3. The minimum Gasteiger partial charge on any atom is -0.508 e. The fraction of sp³-hybridized carbons (Fsp3) is 0.200. The second-order valence-electron chi connectivity index (χ2n) is 4.48. The van der Waals surface area contributed by atoms with Crippen LogP contribution in [0.4, 0.5) is 0 Å². The van der Waals surface area contributed by atoms with Crippen LogP contribution in [0.15, 0.2) is 42.6 Å². The molecule has 2 heterocycles. The van der Waals surface area contributed by atoms with Gasteiger partial charge in [-0.3, -0.25) is 0 Å². The van der Waals surface area contributed by atoms with Crippen LogP contribution >= 0.6 is 0 Å². The first-order valence-electron chi connectivity index (χ1n) is 6.40. The van der Waals surface area contributed by atoms with Crippen LogP contribution in [-0.2, 0) is 6.54 Å². The average Bonchev–Trinajstić information content (AvgIpc) is 2.79. The van der Waals surface area contributed by atoms with Gasteiger partial charge in [-0.05, 0) is 30.7 Å². The summed E-state index contributed by atoms with van der Waals surface area (Å²) in [5.74, 6) is 1.10. The van der Waals surface area contributed by atoms with Crippen molar-refractivity contribution in [3.63, 3.8) is 0 Å². The molecule has 0 aliphatic carbocycles. The van der Waals surface area contributed by atoms with Crippen LogP contribution in [0.2, 0.25) is 0 Å². The van der Waals surface area contributed by atoms with Crippen LogP contribution in [-0.4, -0.2) is 19.6 Å². The summed E-state index contributed by atoms with van der Waals surface area (Å²) in [6.45, 7) is 2.99. The molecule has 0 atom stereocenters. The number of hydrogen-bond donors (Lipinski definition) is 1. The number of pyridine rings is 1. The molecule has 3 rings (SSSR count). The van der Waals surface area contributed by atoms with Crippen LogP contribution in [0, 0.1) is 0 Å². The normalized spacial score (nSPS) is 11.0. The van der Waals surface area contributed by atoms with Gasteiger partial charge >= 0.3 is 0 Å². The van der Waals surface area contributed by atoms with E-state index in [-0.39, 0.29) is 5.75 Å². The van der Waals surface area contributed by atoms with Crippen molar-refractivity contribution in [1.82, 2.24) is 14.5 Å². The van der Waals surface area contributed by atoms with Gasteiger partial charge in [0.1, 0.15) is 17.1 Å². The molecule has 1 aromatic carbocycles. The number of aromatic hydroxyl groups is 1. The summed E-state index contributed by atoms with van der Waals surface area (Å²) >= 11 is 0. The van der Waals surface area contributed by atoms with Crippen molar-refractivity contribution in [2.24, 2.45) is 0 Å². The van der Waals surface area contributed by atoms with Gasteiger partial charge in [-0.15, -0.1) is 0 Å². The van der Waals surface area contributed by atoms with Crippen molar-refractivity contribution in [2.75, 3.05) is 0 Å². The maximum absolute atomic E-state index is 9.62. The quantitative estimate of drug-likeness (QED) is 0.779. The lowest BCUT2D eigenvalue weighted by Crippen LogP contribution is -2.00. The van der Waals surface area contributed by atoms with Gasteiger partial charge in [0.25, 0.3) is 0 Å². The first-order valence-corrected chi connectivity index (χ1v) is 6.40. The van der Waals surface area contributed by atoms with Crippen LogP contribution < -0.4 is 0 Å². The molecule has 4 nitrogen and oxygen atoms in total. The van der Waals surface area contributed by atoms with E-state index in [0.29, 0.717) is 0 Å². The fourth-order valence-corrected chi connectivity index (χ4v) is 2.26. The number of imidazole rings is 1. The Bertz CT molecular complexity index is 718. The summed E-state index contributed by atoms with van der Waals surface area (Å²) < 4.78 is 2.10. The molecular weight excluding hydrogens is 238 g/mol. The largest absolute Gasteiger partial charge is 0.508 e. The summed E-state index contributed by atoms with van der Waals surface area (Å²) in [5.41, 5.74) is 2.68. The zero-order valence-electron chi connectivity index (χ0n) is 10.7. The maximum atomic E-state index is 9.62. The zero-order chi connectivity index (χ0) is 13.2.